The number of rotatable bonds is 6. The average Bonchev–Trinajstić information content (AvgIpc) is 3.30. The summed E-state index contributed by atoms with van der Waals surface area (Å²) in [6, 6.07) is 13.3. The van der Waals surface area contributed by atoms with Crippen LogP contribution in [0.1, 0.15) is 33.2 Å². The summed E-state index contributed by atoms with van der Waals surface area (Å²) in [5, 5.41) is 0. The first-order valence-electron chi connectivity index (χ1n) is 9.11. The number of aromatic nitrogens is 3. The van der Waals surface area contributed by atoms with E-state index in [-0.39, 0.29) is 12.4 Å². The highest BCUT2D eigenvalue weighted by Crippen LogP contribution is 2.20. The van der Waals surface area contributed by atoms with Gasteiger partial charge in [-0.15, -0.1) is 0 Å². The Hall–Kier alpha value is -3.41. The van der Waals surface area contributed by atoms with Crippen LogP contribution in [0.2, 0.25) is 0 Å². The number of aryl methyl sites for hydroxylation is 2. The lowest BCUT2D eigenvalue weighted by Gasteiger charge is -2.09. The molecule has 0 saturated heterocycles. The topological polar surface area (TPSA) is 70.2 Å². The normalized spacial score (nSPS) is 11.1. The molecular formula is C22H21N3O3. The number of para-hydroxylation sites is 2. The third kappa shape index (κ3) is 3.41. The standard InChI is InChI=1S/C22H21N3O3/c1-14-11-18(16(3)25(14)12-17-7-6-10-27-17)21(26)13-28-22-15(2)23-19-8-4-5-9-20(19)24-22/h4-11H,12-13H2,1-3H3. The van der Waals surface area contributed by atoms with Gasteiger partial charge in [0.1, 0.15) is 11.5 Å². The molecule has 0 fully saturated rings. The summed E-state index contributed by atoms with van der Waals surface area (Å²) < 4.78 is 13.2. The Morgan fingerprint density at radius 1 is 1.07 bits per heavy atom. The van der Waals surface area contributed by atoms with Gasteiger partial charge in [-0.2, -0.15) is 0 Å². The molecule has 0 aliphatic carbocycles. The van der Waals surface area contributed by atoms with E-state index in [1.807, 2.05) is 63.2 Å². The van der Waals surface area contributed by atoms with Crippen LogP contribution in [0.4, 0.5) is 0 Å². The van der Waals surface area contributed by atoms with Crippen molar-refractivity contribution < 1.29 is 13.9 Å². The van der Waals surface area contributed by atoms with Gasteiger partial charge >= 0.3 is 0 Å². The number of hydrogen-bond acceptors (Lipinski definition) is 5. The van der Waals surface area contributed by atoms with Crippen LogP contribution in [0.5, 0.6) is 5.88 Å². The monoisotopic (exact) mass is 375 g/mol. The molecule has 0 unspecified atom stereocenters. The van der Waals surface area contributed by atoms with E-state index in [0.29, 0.717) is 23.7 Å². The van der Waals surface area contributed by atoms with Crippen molar-refractivity contribution in [3.63, 3.8) is 0 Å². The molecule has 0 aliphatic heterocycles. The Balaban J connectivity index is 1.52. The zero-order valence-electron chi connectivity index (χ0n) is 16.1. The zero-order chi connectivity index (χ0) is 19.7. The molecule has 28 heavy (non-hydrogen) atoms. The van der Waals surface area contributed by atoms with E-state index in [1.165, 1.54) is 0 Å². The predicted octanol–water partition coefficient (Wildman–Crippen LogP) is 4.26. The number of fused-ring (bicyclic) bond motifs is 1. The second-order valence-electron chi connectivity index (χ2n) is 6.77. The maximum Gasteiger partial charge on any atom is 0.236 e. The number of benzene rings is 1. The summed E-state index contributed by atoms with van der Waals surface area (Å²) in [6.07, 6.45) is 1.65. The van der Waals surface area contributed by atoms with Crippen molar-refractivity contribution >= 4 is 16.8 Å². The molecule has 0 radical (unpaired) electrons. The zero-order valence-corrected chi connectivity index (χ0v) is 16.1. The minimum absolute atomic E-state index is 0.0844. The van der Waals surface area contributed by atoms with Gasteiger partial charge in [0, 0.05) is 17.0 Å². The van der Waals surface area contributed by atoms with E-state index in [9.17, 15) is 4.79 Å². The lowest BCUT2D eigenvalue weighted by Crippen LogP contribution is -2.14. The maximum absolute atomic E-state index is 12.8. The molecule has 6 heteroatoms. The number of ketones is 1. The second-order valence-corrected chi connectivity index (χ2v) is 6.77. The smallest absolute Gasteiger partial charge is 0.236 e. The van der Waals surface area contributed by atoms with Gasteiger partial charge in [-0.05, 0) is 51.1 Å². The van der Waals surface area contributed by atoms with Gasteiger partial charge in [0.05, 0.1) is 23.8 Å². The molecule has 142 valence electrons. The summed E-state index contributed by atoms with van der Waals surface area (Å²) in [7, 11) is 0. The molecular weight excluding hydrogens is 354 g/mol. The number of carbonyl (C=O) groups excluding carboxylic acids is 1. The number of furan rings is 1. The lowest BCUT2D eigenvalue weighted by atomic mass is 10.1. The van der Waals surface area contributed by atoms with E-state index in [0.717, 1.165) is 28.2 Å². The van der Waals surface area contributed by atoms with Crippen molar-refractivity contribution in [3.8, 4) is 5.88 Å². The van der Waals surface area contributed by atoms with E-state index in [4.69, 9.17) is 9.15 Å². The van der Waals surface area contributed by atoms with Gasteiger partial charge in [0.2, 0.25) is 11.7 Å². The van der Waals surface area contributed by atoms with E-state index >= 15 is 0 Å². The number of hydrogen-bond donors (Lipinski definition) is 0. The van der Waals surface area contributed by atoms with Crippen LogP contribution in [-0.2, 0) is 6.54 Å². The summed E-state index contributed by atoms with van der Waals surface area (Å²) in [4.78, 5) is 21.7. The minimum atomic E-state index is -0.0897. The third-order valence-corrected chi connectivity index (χ3v) is 4.81. The molecule has 0 N–H and O–H groups in total. The van der Waals surface area contributed by atoms with Gasteiger partial charge in [-0.25, -0.2) is 9.97 Å². The van der Waals surface area contributed by atoms with Crippen molar-refractivity contribution in [3.05, 3.63) is 77.1 Å². The maximum atomic E-state index is 12.8. The molecule has 0 atom stereocenters. The summed E-state index contributed by atoms with van der Waals surface area (Å²) in [5.41, 5.74) is 4.75. The molecule has 0 bridgehead atoms. The van der Waals surface area contributed by atoms with Crippen molar-refractivity contribution in [2.24, 2.45) is 0 Å². The van der Waals surface area contributed by atoms with Gasteiger partial charge in [0.15, 0.2) is 6.61 Å². The number of nitrogens with zero attached hydrogens (tertiary/aromatic N) is 3. The Kier molecular flexibility index (Phi) is 4.69. The van der Waals surface area contributed by atoms with Crippen LogP contribution < -0.4 is 4.74 Å². The fourth-order valence-electron chi connectivity index (χ4n) is 3.31. The van der Waals surface area contributed by atoms with E-state index in [2.05, 4.69) is 14.5 Å². The highest BCUT2D eigenvalue weighted by atomic mass is 16.5. The minimum Gasteiger partial charge on any atom is -0.468 e. The molecule has 4 aromatic rings. The van der Waals surface area contributed by atoms with Crippen molar-refractivity contribution in [2.75, 3.05) is 6.61 Å². The summed E-state index contributed by atoms with van der Waals surface area (Å²) in [5.74, 6) is 1.14. The van der Waals surface area contributed by atoms with Crippen LogP contribution in [0.3, 0.4) is 0 Å². The number of carbonyl (C=O) groups is 1. The summed E-state index contributed by atoms with van der Waals surface area (Å²) in [6.45, 7) is 6.25. The lowest BCUT2D eigenvalue weighted by molar-refractivity contribution is 0.0916. The Bertz CT molecular complexity index is 1140. The molecule has 0 saturated carbocycles. The van der Waals surface area contributed by atoms with Gasteiger partial charge in [-0.1, -0.05) is 12.1 Å². The number of Topliss-reactive ketones (excluding diaryl/α,β-unsaturated/α-hetero) is 1. The van der Waals surface area contributed by atoms with Crippen LogP contribution in [0.15, 0.2) is 53.1 Å². The molecule has 0 amide bonds. The third-order valence-electron chi connectivity index (χ3n) is 4.81. The average molecular weight is 375 g/mol. The highest BCUT2D eigenvalue weighted by molar-refractivity contribution is 5.98. The summed E-state index contributed by atoms with van der Waals surface area (Å²) >= 11 is 0. The SMILES string of the molecule is Cc1nc2ccccc2nc1OCC(=O)c1cc(C)n(Cc2ccco2)c1C. The first-order valence-corrected chi connectivity index (χ1v) is 9.11. The number of ether oxygens (including phenoxy) is 1. The van der Waals surface area contributed by atoms with Gasteiger partial charge in [-0.3, -0.25) is 4.79 Å². The van der Waals surface area contributed by atoms with Crippen LogP contribution in [0, 0.1) is 20.8 Å². The fourth-order valence-corrected chi connectivity index (χ4v) is 3.31. The van der Waals surface area contributed by atoms with Gasteiger partial charge < -0.3 is 13.7 Å². The fraction of sp³-hybridized carbons (Fsp3) is 0.227. The molecule has 6 nitrogen and oxygen atoms in total. The van der Waals surface area contributed by atoms with Crippen LogP contribution >= 0.6 is 0 Å². The van der Waals surface area contributed by atoms with E-state index in [1.54, 1.807) is 6.26 Å². The molecule has 0 spiro atoms. The quantitative estimate of drug-likeness (QED) is 0.471. The molecule has 3 aromatic heterocycles. The van der Waals surface area contributed by atoms with Gasteiger partial charge in [0.25, 0.3) is 0 Å². The largest absolute Gasteiger partial charge is 0.468 e. The van der Waals surface area contributed by atoms with Crippen molar-refractivity contribution in [1.29, 1.82) is 0 Å². The van der Waals surface area contributed by atoms with E-state index < -0.39 is 0 Å². The van der Waals surface area contributed by atoms with Crippen LogP contribution in [0.25, 0.3) is 11.0 Å². The van der Waals surface area contributed by atoms with Crippen LogP contribution in [-0.4, -0.2) is 26.9 Å². The van der Waals surface area contributed by atoms with Crippen molar-refractivity contribution in [2.45, 2.75) is 27.3 Å². The predicted molar refractivity (Wildman–Crippen MR) is 106 cm³/mol. The molecule has 4 rings (SSSR count). The Morgan fingerprint density at radius 2 is 1.82 bits per heavy atom. The highest BCUT2D eigenvalue weighted by Gasteiger charge is 2.18. The second kappa shape index (κ2) is 7.31. The Labute approximate surface area is 162 Å². The first-order chi connectivity index (χ1) is 13.5. The van der Waals surface area contributed by atoms with Crippen molar-refractivity contribution in [1.82, 2.24) is 14.5 Å². The molecule has 0 aliphatic rings. The first kappa shape index (κ1) is 18.0. The molecule has 1 aromatic carbocycles. The Morgan fingerprint density at radius 3 is 2.54 bits per heavy atom. The molecule has 3 heterocycles.